The van der Waals surface area contributed by atoms with E-state index < -0.39 is 12.6 Å². The van der Waals surface area contributed by atoms with Gasteiger partial charge in [-0.05, 0) is 12.8 Å². The first-order chi connectivity index (χ1) is 7.94. The van der Waals surface area contributed by atoms with Gasteiger partial charge in [0.2, 0.25) is 5.95 Å². The van der Waals surface area contributed by atoms with E-state index in [4.69, 9.17) is 5.73 Å². The molecule has 2 heterocycles. The lowest BCUT2D eigenvalue weighted by Gasteiger charge is -2.29. The molecule has 5 nitrogen and oxygen atoms in total. The van der Waals surface area contributed by atoms with Crippen LogP contribution in [0.4, 0.5) is 19.1 Å². The summed E-state index contributed by atoms with van der Waals surface area (Å²) < 4.78 is 36.4. The molecular weight excluding hydrogens is 235 g/mol. The number of nitrogens with zero attached hydrogens (tertiary/aromatic N) is 3. The Morgan fingerprint density at radius 1 is 1.47 bits per heavy atom. The molecule has 1 unspecified atom stereocenters. The molecule has 0 amide bonds. The number of nitrogens with two attached hydrogens (primary N) is 1. The largest absolute Gasteiger partial charge is 0.396 e. The van der Waals surface area contributed by atoms with E-state index in [1.807, 2.05) is 4.90 Å². The summed E-state index contributed by atoms with van der Waals surface area (Å²) in [7, 11) is 0. The van der Waals surface area contributed by atoms with Gasteiger partial charge < -0.3 is 10.6 Å². The maximum absolute atomic E-state index is 12.1. The quantitative estimate of drug-likeness (QED) is 0.814. The summed E-state index contributed by atoms with van der Waals surface area (Å²) in [6.07, 6.45) is -3.52. The normalized spacial score (nSPS) is 21.9. The van der Waals surface area contributed by atoms with E-state index in [1.165, 1.54) is 0 Å². The van der Waals surface area contributed by atoms with Gasteiger partial charge in [-0.25, -0.2) is 0 Å². The van der Waals surface area contributed by atoms with Crippen molar-refractivity contribution in [1.29, 1.82) is 0 Å². The molecule has 3 N–H and O–H groups in total. The van der Waals surface area contributed by atoms with E-state index in [9.17, 15) is 13.2 Å². The molecule has 1 aliphatic rings. The van der Waals surface area contributed by atoms with Crippen molar-refractivity contribution in [1.82, 2.24) is 15.2 Å². The highest BCUT2D eigenvalue weighted by atomic mass is 19.4. The van der Waals surface area contributed by atoms with Crippen LogP contribution in [0.15, 0.2) is 0 Å². The van der Waals surface area contributed by atoms with Crippen LogP contribution in [0.5, 0.6) is 0 Å². The molecule has 1 saturated heterocycles. The van der Waals surface area contributed by atoms with Crippen molar-refractivity contribution >= 4 is 5.95 Å². The number of hydrogen-bond donors (Lipinski definition) is 2. The second kappa shape index (κ2) is 4.52. The number of nitrogens with one attached hydrogen (secondary N) is 1. The van der Waals surface area contributed by atoms with Gasteiger partial charge in [0.05, 0.1) is 0 Å². The minimum Gasteiger partial charge on any atom is -0.338 e. The number of rotatable bonds is 2. The molecule has 0 aliphatic carbocycles. The highest BCUT2D eigenvalue weighted by molar-refractivity contribution is 5.30. The number of hydrogen-bond acceptors (Lipinski definition) is 4. The van der Waals surface area contributed by atoms with Gasteiger partial charge in [0.25, 0.3) is 0 Å². The Kier molecular flexibility index (Phi) is 3.23. The fraction of sp³-hybridized carbons (Fsp3) is 0.778. The minimum absolute atomic E-state index is 0.0355. The SMILES string of the molecule is NC1CCCN(c2n[nH]c(CC(F)(F)F)n2)C1. The molecular formula is C9H14F3N5. The Hall–Kier alpha value is -1.31. The first-order valence-electron chi connectivity index (χ1n) is 5.42. The summed E-state index contributed by atoms with van der Waals surface area (Å²) >= 11 is 0. The number of anilines is 1. The lowest BCUT2D eigenvalue weighted by molar-refractivity contribution is -0.128. The van der Waals surface area contributed by atoms with Crippen molar-refractivity contribution < 1.29 is 13.2 Å². The number of aromatic amines is 1. The molecule has 1 fully saturated rings. The van der Waals surface area contributed by atoms with Crippen molar-refractivity contribution in [3.05, 3.63) is 5.82 Å². The first-order valence-corrected chi connectivity index (χ1v) is 5.42. The minimum atomic E-state index is -4.27. The third-order valence-corrected chi connectivity index (χ3v) is 2.63. The van der Waals surface area contributed by atoms with Crippen LogP contribution in [-0.2, 0) is 6.42 Å². The summed E-state index contributed by atoms with van der Waals surface area (Å²) in [5.74, 6) is 0.144. The van der Waals surface area contributed by atoms with Gasteiger partial charge in [-0.1, -0.05) is 0 Å². The third kappa shape index (κ3) is 3.32. The lowest BCUT2D eigenvalue weighted by Crippen LogP contribution is -2.43. The average molecular weight is 249 g/mol. The molecule has 17 heavy (non-hydrogen) atoms. The molecule has 1 aliphatic heterocycles. The summed E-state index contributed by atoms with van der Waals surface area (Å²) in [6.45, 7) is 1.32. The van der Waals surface area contributed by atoms with Crippen molar-refractivity contribution in [2.24, 2.45) is 5.73 Å². The molecule has 8 heteroatoms. The fourth-order valence-corrected chi connectivity index (χ4v) is 1.89. The van der Waals surface area contributed by atoms with Crippen LogP contribution >= 0.6 is 0 Å². The van der Waals surface area contributed by atoms with Crippen molar-refractivity contribution in [2.75, 3.05) is 18.0 Å². The monoisotopic (exact) mass is 249 g/mol. The highest BCUT2D eigenvalue weighted by Gasteiger charge is 2.30. The standard InChI is InChI=1S/C9H14F3N5/c10-9(11,12)4-7-14-8(16-15-7)17-3-1-2-6(13)5-17/h6H,1-5,13H2,(H,14,15,16). The Labute approximate surface area is 96.2 Å². The van der Waals surface area contributed by atoms with Crippen molar-refractivity contribution in [2.45, 2.75) is 31.5 Å². The van der Waals surface area contributed by atoms with E-state index in [1.54, 1.807) is 0 Å². The highest BCUT2D eigenvalue weighted by Crippen LogP contribution is 2.21. The van der Waals surface area contributed by atoms with Crippen LogP contribution in [-0.4, -0.2) is 40.5 Å². The van der Waals surface area contributed by atoms with Crippen molar-refractivity contribution in [3.63, 3.8) is 0 Å². The fourth-order valence-electron chi connectivity index (χ4n) is 1.89. The average Bonchev–Trinajstić information content (AvgIpc) is 2.63. The second-order valence-corrected chi connectivity index (χ2v) is 4.22. The molecule has 1 aromatic heterocycles. The van der Waals surface area contributed by atoms with Crippen LogP contribution in [0.25, 0.3) is 0 Å². The molecule has 0 saturated carbocycles. The van der Waals surface area contributed by atoms with Crippen LogP contribution in [0.3, 0.4) is 0 Å². The van der Waals surface area contributed by atoms with Gasteiger partial charge >= 0.3 is 6.18 Å². The van der Waals surface area contributed by atoms with Gasteiger partial charge in [0, 0.05) is 19.1 Å². The topological polar surface area (TPSA) is 70.8 Å². The predicted octanol–water partition coefficient (Wildman–Crippen LogP) is 0.837. The van der Waals surface area contributed by atoms with E-state index in [0.29, 0.717) is 12.5 Å². The number of piperidine rings is 1. The molecule has 1 aromatic rings. The Balaban J connectivity index is 2.02. The number of aromatic nitrogens is 3. The number of halogens is 3. The smallest absolute Gasteiger partial charge is 0.338 e. The third-order valence-electron chi connectivity index (χ3n) is 2.63. The molecule has 2 rings (SSSR count). The summed E-state index contributed by atoms with van der Waals surface area (Å²) in [6, 6.07) is 0.0355. The molecule has 1 atom stereocenters. The summed E-state index contributed by atoms with van der Waals surface area (Å²) in [5, 5.41) is 6.10. The zero-order valence-electron chi connectivity index (χ0n) is 9.17. The molecule has 0 spiro atoms. The zero-order chi connectivity index (χ0) is 12.5. The Morgan fingerprint density at radius 3 is 2.88 bits per heavy atom. The van der Waals surface area contributed by atoms with Crippen molar-refractivity contribution in [3.8, 4) is 0 Å². The van der Waals surface area contributed by atoms with Crippen LogP contribution < -0.4 is 10.6 Å². The van der Waals surface area contributed by atoms with E-state index >= 15 is 0 Å². The molecule has 0 bridgehead atoms. The maximum Gasteiger partial charge on any atom is 0.396 e. The lowest BCUT2D eigenvalue weighted by atomic mass is 10.1. The van der Waals surface area contributed by atoms with Gasteiger partial charge in [0.1, 0.15) is 12.2 Å². The Bertz CT molecular complexity index is 375. The Morgan fingerprint density at radius 2 is 2.24 bits per heavy atom. The molecule has 0 radical (unpaired) electrons. The summed E-state index contributed by atoms with van der Waals surface area (Å²) in [4.78, 5) is 5.65. The molecule has 96 valence electrons. The first kappa shape index (κ1) is 12.2. The van der Waals surface area contributed by atoms with Crippen LogP contribution in [0, 0.1) is 0 Å². The molecule has 0 aromatic carbocycles. The maximum atomic E-state index is 12.1. The number of H-pyrrole nitrogens is 1. The second-order valence-electron chi connectivity index (χ2n) is 4.22. The zero-order valence-corrected chi connectivity index (χ0v) is 9.17. The van der Waals surface area contributed by atoms with Gasteiger partial charge in [0.15, 0.2) is 0 Å². The van der Waals surface area contributed by atoms with Crippen LogP contribution in [0.2, 0.25) is 0 Å². The van der Waals surface area contributed by atoms with Gasteiger partial charge in [-0.15, -0.1) is 5.10 Å². The van der Waals surface area contributed by atoms with E-state index in [-0.39, 0.29) is 11.9 Å². The summed E-state index contributed by atoms with van der Waals surface area (Å²) in [5.41, 5.74) is 5.78. The van der Waals surface area contributed by atoms with Gasteiger partial charge in [-0.2, -0.15) is 18.2 Å². The number of alkyl halides is 3. The van der Waals surface area contributed by atoms with Crippen LogP contribution in [0.1, 0.15) is 18.7 Å². The van der Waals surface area contributed by atoms with Gasteiger partial charge in [-0.3, -0.25) is 5.10 Å². The predicted molar refractivity (Wildman–Crippen MR) is 55.6 cm³/mol. The van der Waals surface area contributed by atoms with E-state index in [0.717, 1.165) is 19.4 Å². The van der Waals surface area contributed by atoms with E-state index in [2.05, 4.69) is 15.2 Å².